The molecule has 1 saturated heterocycles. The van der Waals surface area contributed by atoms with Crippen molar-refractivity contribution in [3.8, 4) is 11.5 Å². The molecule has 1 fully saturated rings. The molecule has 1 aliphatic heterocycles. The van der Waals surface area contributed by atoms with Crippen LogP contribution in [-0.2, 0) is 4.79 Å². The van der Waals surface area contributed by atoms with Crippen LogP contribution in [0, 0.1) is 11.6 Å². The number of ether oxygens (including phenoxy) is 1. The lowest BCUT2D eigenvalue weighted by Gasteiger charge is -2.25. The van der Waals surface area contributed by atoms with Crippen molar-refractivity contribution in [3.63, 3.8) is 0 Å². The minimum atomic E-state index is -0.934. The number of hydrogen-bond donors (Lipinski definition) is 2. The van der Waals surface area contributed by atoms with Gasteiger partial charge >= 0.3 is 0 Å². The molecule has 0 spiro atoms. The van der Waals surface area contributed by atoms with Crippen molar-refractivity contribution in [2.75, 3.05) is 25.5 Å². The number of phenols is 1. The molecule has 0 unspecified atom stereocenters. The van der Waals surface area contributed by atoms with Crippen LogP contribution >= 0.6 is 11.6 Å². The largest absolute Gasteiger partial charge is 0.504 e. The fourth-order valence-electron chi connectivity index (χ4n) is 3.33. The first-order valence-electron chi connectivity index (χ1n) is 10.2. The number of anilines is 2. The summed E-state index contributed by atoms with van der Waals surface area (Å²) in [5.74, 6) is -1.34. The van der Waals surface area contributed by atoms with E-state index in [0.717, 1.165) is 32.0 Å². The maximum absolute atomic E-state index is 14.0. The molecule has 0 radical (unpaired) electrons. The number of phenolic OH excluding ortho intramolecular Hbond substituents is 1. The monoisotopic (exact) mass is 476 g/mol. The smallest absolute Gasteiger partial charge is 0.245 e. The molecule has 3 aromatic rings. The number of aromatic hydroxyl groups is 1. The van der Waals surface area contributed by atoms with E-state index in [-0.39, 0.29) is 28.9 Å². The predicted octanol–water partition coefficient (Wildman–Crippen LogP) is 5.20. The quantitative estimate of drug-likeness (QED) is 0.397. The summed E-state index contributed by atoms with van der Waals surface area (Å²) in [6.07, 6.45) is 6.23. The third-order valence-electron chi connectivity index (χ3n) is 5.07. The molecular formula is C23H23ClF2N4O3. The Morgan fingerprint density at radius 3 is 2.64 bits per heavy atom. The number of benzene rings is 2. The van der Waals surface area contributed by atoms with Crippen molar-refractivity contribution >= 4 is 39.9 Å². The SMILES string of the molecule is C=CC(=O)N1CCCCC1.COc1cc2ncnc(Nc3ccc(F)c(Cl)c3F)c2cc1O. The molecule has 174 valence electrons. The van der Waals surface area contributed by atoms with E-state index in [9.17, 15) is 18.7 Å². The van der Waals surface area contributed by atoms with Crippen molar-refractivity contribution in [2.45, 2.75) is 19.3 Å². The van der Waals surface area contributed by atoms with Crippen LogP contribution < -0.4 is 10.1 Å². The number of hydrogen-bond acceptors (Lipinski definition) is 6. The number of rotatable bonds is 4. The predicted molar refractivity (Wildman–Crippen MR) is 123 cm³/mol. The van der Waals surface area contributed by atoms with Crippen LogP contribution in [0.1, 0.15) is 19.3 Å². The van der Waals surface area contributed by atoms with E-state index < -0.39 is 16.7 Å². The molecule has 1 amide bonds. The summed E-state index contributed by atoms with van der Waals surface area (Å²) in [5.41, 5.74) is 0.428. The van der Waals surface area contributed by atoms with Gasteiger partial charge in [0.2, 0.25) is 5.91 Å². The number of carbonyl (C=O) groups is 1. The molecule has 4 rings (SSSR count). The molecule has 0 saturated carbocycles. The molecule has 0 atom stereocenters. The summed E-state index contributed by atoms with van der Waals surface area (Å²) in [6.45, 7) is 5.29. The molecule has 33 heavy (non-hydrogen) atoms. The molecule has 0 aliphatic carbocycles. The van der Waals surface area contributed by atoms with Gasteiger partial charge in [0.1, 0.15) is 23.0 Å². The highest BCUT2D eigenvalue weighted by atomic mass is 35.5. The number of piperidine rings is 1. The van der Waals surface area contributed by atoms with Crippen molar-refractivity contribution in [1.82, 2.24) is 14.9 Å². The Labute approximate surface area is 194 Å². The van der Waals surface area contributed by atoms with Gasteiger partial charge in [-0.1, -0.05) is 18.2 Å². The van der Waals surface area contributed by atoms with Gasteiger partial charge in [-0.3, -0.25) is 4.79 Å². The second-order valence-corrected chi connectivity index (χ2v) is 7.58. The zero-order chi connectivity index (χ0) is 24.0. The standard InChI is InChI=1S/C15H10ClF2N3O2.C8H13NO/c1-23-12-5-10-7(4-11(12)22)15(20-6-19-10)21-9-3-2-8(17)13(16)14(9)18;1-2-8(10)9-6-4-3-5-7-9/h2-6,22H,1H3,(H,19,20,21);2H,1,3-7H2. The highest BCUT2D eigenvalue weighted by Crippen LogP contribution is 2.34. The van der Waals surface area contributed by atoms with Gasteiger partial charge in [-0.2, -0.15) is 0 Å². The second-order valence-electron chi connectivity index (χ2n) is 7.20. The lowest BCUT2D eigenvalue weighted by Crippen LogP contribution is -2.34. The lowest BCUT2D eigenvalue weighted by atomic mass is 10.1. The molecule has 10 heteroatoms. The van der Waals surface area contributed by atoms with Gasteiger partial charge in [0, 0.05) is 24.5 Å². The summed E-state index contributed by atoms with van der Waals surface area (Å²) >= 11 is 5.55. The van der Waals surface area contributed by atoms with E-state index in [0.29, 0.717) is 10.9 Å². The Morgan fingerprint density at radius 1 is 1.24 bits per heavy atom. The van der Waals surface area contributed by atoms with Gasteiger partial charge in [0.25, 0.3) is 0 Å². The van der Waals surface area contributed by atoms with E-state index in [1.807, 2.05) is 4.90 Å². The summed E-state index contributed by atoms with van der Waals surface area (Å²) < 4.78 is 32.2. The topological polar surface area (TPSA) is 87.6 Å². The van der Waals surface area contributed by atoms with Crippen molar-refractivity contribution in [3.05, 3.63) is 59.9 Å². The lowest BCUT2D eigenvalue weighted by molar-refractivity contribution is -0.126. The fraction of sp³-hybridized carbons (Fsp3) is 0.261. The number of nitrogens with zero attached hydrogens (tertiary/aromatic N) is 3. The molecule has 2 aromatic carbocycles. The Kier molecular flexibility index (Phi) is 8.00. The number of likely N-dealkylation sites (tertiary alicyclic amines) is 1. The number of amides is 1. The second kappa shape index (κ2) is 10.9. The minimum Gasteiger partial charge on any atom is -0.504 e. The van der Waals surface area contributed by atoms with Gasteiger partial charge < -0.3 is 20.1 Å². The molecular weight excluding hydrogens is 454 g/mol. The van der Waals surface area contributed by atoms with Gasteiger partial charge in [-0.15, -0.1) is 0 Å². The summed E-state index contributed by atoms with van der Waals surface area (Å²) in [6, 6.07) is 5.15. The third kappa shape index (κ3) is 5.67. The number of methoxy groups -OCH3 is 1. The van der Waals surface area contributed by atoms with Crippen LogP contribution in [0.15, 0.2) is 43.2 Å². The van der Waals surface area contributed by atoms with Crippen molar-refractivity contribution in [1.29, 1.82) is 0 Å². The molecule has 7 nitrogen and oxygen atoms in total. The number of carbonyl (C=O) groups excluding carboxylic acids is 1. The van der Waals surface area contributed by atoms with Crippen LogP contribution in [0.25, 0.3) is 10.9 Å². The summed E-state index contributed by atoms with van der Waals surface area (Å²) in [5, 5.41) is 12.4. The highest BCUT2D eigenvalue weighted by Gasteiger charge is 2.15. The molecule has 2 N–H and O–H groups in total. The van der Waals surface area contributed by atoms with Gasteiger partial charge in [-0.05, 0) is 43.5 Å². The maximum Gasteiger partial charge on any atom is 0.245 e. The van der Waals surface area contributed by atoms with Gasteiger partial charge in [0.15, 0.2) is 17.3 Å². The Bertz CT molecular complexity index is 1170. The van der Waals surface area contributed by atoms with E-state index in [1.54, 1.807) is 0 Å². The highest BCUT2D eigenvalue weighted by molar-refractivity contribution is 6.31. The van der Waals surface area contributed by atoms with Crippen molar-refractivity contribution < 1.29 is 23.4 Å². The van der Waals surface area contributed by atoms with Gasteiger partial charge in [-0.25, -0.2) is 18.7 Å². The first-order chi connectivity index (χ1) is 15.8. The number of fused-ring (bicyclic) bond motifs is 1. The average molecular weight is 477 g/mol. The van der Waals surface area contributed by atoms with Crippen LogP contribution in [0.5, 0.6) is 11.5 Å². The van der Waals surface area contributed by atoms with Crippen LogP contribution in [0.3, 0.4) is 0 Å². The molecule has 0 bridgehead atoms. The molecule has 1 aliphatic rings. The zero-order valence-corrected chi connectivity index (χ0v) is 18.7. The first kappa shape index (κ1) is 24.2. The number of halogens is 3. The zero-order valence-electron chi connectivity index (χ0n) is 17.9. The molecule has 1 aromatic heterocycles. The average Bonchev–Trinajstić information content (AvgIpc) is 2.84. The minimum absolute atomic E-state index is 0.0493. The Hall–Kier alpha value is -3.46. The number of aromatic nitrogens is 2. The Morgan fingerprint density at radius 2 is 1.97 bits per heavy atom. The van der Waals surface area contributed by atoms with E-state index in [1.165, 1.54) is 44.1 Å². The van der Waals surface area contributed by atoms with Crippen LogP contribution in [-0.4, -0.2) is 46.1 Å². The maximum atomic E-state index is 14.0. The van der Waals surface area contributed by atoms with Crippen LogP contribution in [0.4, 0.5) is 20.3 Å². The van der Waals surface area contributed by atoms with E-state index in [2.05, 4.69) is 21.9 Å². The molecule has 2 heterocycles. The number of nitrogens with one attached hydrogen (secondary N) is 1. The normalized spacial score (nSPS) is 13.2. The van der Waals surface area contributed by atoms with Gasteiger partial charge in [0.05, 0.1) is 18.3 Å². The first-order valence-corrected chi connectivity index (χ1v) is 10.6. The van der Waals surface area contributed by atoms with Crippen molar-refractivity contribution in [2.24, 2.45) is 0 Å². The summed E-state index contributed by atoms with van der Waals surface area (Å²) in [4.78, 5) is 20.9. The fourth-order valence-corrected chi connectivity index (χ4v) is 3.49. The van der Waals surface area contributed by atoms with E-state index >= 15 is 0 Å². The van der Waals surface area contributed by atoms with Crippen LogP contribution in [0.2, 0.25) is 5.02 Å². The third-order valence-corrected chi connectivity index (χ3v) is 5.41. The Balaban J connectivity index is 0.000000257. The summed E-state index contributed by atoms with van der Waals surface area (Å²) in [7, 11) is 1.41. The van der Waals surface area contributed by atoms with E-state index in [4.69, 9.17) is 16.3 Å².